The molecule has 0 aromatic rings. The summed E-state index contributed by atoms with van der Waals surface area (Å²) in [4.78, 5) is 23.6. The summed E-state index contributed by atoms with van der Waals surface area (Å²) >= 11 is 0. The van der Waals surface area contributed by atoms with E-state index in [4.69, 9.17) is 4.55 Å². The summed E-state index contributed by atoms with van der Waals surface area (Å²) in [6.45, 7) is 6.01. The van der Waals surface area contributed by atoms with E-state index < -0.39 is 45.9 Å². The van der Waals surface area contributed by atoms with E-state index in [1.165, 1.54) is 0 Å². The van der Waals surface area contributed by atoms with Gasteiger partial charge < -0.3 is 15.3 Å². The van der Waals surface area contributed by atoms with Crippen LogP contribution in [0, 0.1) is 51.2 Å². The molecule has 0 bridgehead atoms. The standard InChI is InChI=1S/C26H44N2O8S/c1-15(4-7-23(32)28(27-33)10-11-37(34,35)36)18-5-6-19-24-20(14-22(31)26(18,19)3)25(2)9-8-17(29)12-16(25)13-21(24)30/h15-22,24,29-31H,4-14H2,1-3H3,(H,34,35,36)/t15-,16+,17-,18-,19?,20?,21?,22+,24?,25+,26-/m1/s1. The molecular weight excluding hydrogens is 500 g/mol. The number of hydrogen-bond acceptors (Lipinski definition) is 8. The summed E-state index contributed by atoms with van der Waals surface area (Å²) in [6.07, 6.45) is 4.75. The fraction of sp³-hybridized carbons (Fsp3) is 0.962. The smallest absolute Gasteiger partial charge is 0.266 e. The van der Waals surface area contributed by atoms with Crippen LogP contribution in [0.4, 0.5) is 0 Å². The van der Waals surface area contributed by atoms with Crippen LogP contribution < -0.4 is 0 Å². The molecule has 0 aromatic heterocycles. The minimum atomic E-state index is -4.32. The number of aliphatic hydroxyl groups excluding tert-OH is 3. The number of rotatable bonds is 8. The van der Waals surface area contributed by atoms with E-state index >= 15 is 0 Å². The zero-order valence-corrected chi connectivity index (χ0v) is 23.0. The number of carbonyl (C=O) groups excluding carboxylic acids is 1. The van der Waals surface area contributed by atoms with E-state index in [-0.39, 0.29) is 53.4 Å². The number of hydrogen-bond donors (Lipinski definition) is 4. The maximum Gasteiger partial charge on any atom is 0.266 e. The van der Waals surface area contributed by atoms with Gasteiger partial charge in [-0.1, -0.05) is 20.8 Å². The Morgan fingerprint density at radius 2 is 1.78 bits per heavy atom. The van der Waals surface area contributed by atoms with Gasteiger partial charge in [0.25, 0.3) is 10.1 Å². The molecule has 4 fully saturated rings. The van der Waals surface area contributed by atoms with Crippen molar-refractivity contribution >= 4 is 16.0 Å². The highest BCUT2D eigenvalue weighted by molar-refractivity contribution is 7.85. The van der Waals surface area contributed by atoms with Crippen molar-refractivity contribution in [2.75, 3.05) is 12.3 Å². The van der Waals surface area contributed by atoms with Crippen LogP contribution in [0.2, 0.25) is 0 Å². The Kier molecular flexibility index (Phi) is 8.15. The molecule has 0 aliphatic heterocycles. The first-order valence-corrected chi connectivity index (χ1v) is 15.5. The van der Waals surface area contributed by atoms with Crippen molar-refractivity contribution in [1.29, 1.82) is 0 Å². The van der Waals surface area contributed by atoms with Crippen molar-refractivity contribution in [2.24, 2.45) is 51.6 Å². The molecule has 37 heavy (non-hydrogen) atoms. The average molecular weight is 545 g/mol. The van der Waals surface area contributed by atoms with Crippen LogP contribution >= 0.6 is 0 Å². The van der Waals surface area contributed by atoms with Gasteiger partial charge in [0.15, 0.2) is 0 Å². The zero-order valence-electron chi connectivity index (χ0n) is 22.2. The second-order valence-electron chi connectivity index (χ2n) is 12.9. The molecule has 11 heteroatoms. The third kappa shape index (κ3) is 5.23. The molecule has 0 aromatic carbocycles. The molecule has 4 rings (SSSR count). The normalized spacial score (nSPS) is 44.3. The molecule has 4 unspecified atom stereocenters. The lowest BCUT2D eigenvalue weighted by Crippen LogP contribution is -2.62. The average Bonchev–Trinajstić information content (AvgIpc) is 3.17. The Hall–Kier alpha value is -1.14. The summed E-state index contributed by atoms with van der Waals surface area (Å²) in [6, 6.07) is 0. The molecular formula is C26H44N2O8S. The van der Waals surface area contributed by atoms with Crippen LogP contribution in [0.25, 0.3) is 0 Å². The highest BCUT2D eigenvalue weighted by Crippen LogP contribution is 2.68. The van der Waals surface area contributed by atoms with E-state index in [2.05, 4.69) is 26.1 Å². The SMILES string of the molecule is C[C@H](CCC(=O)N(CCS(=O)(=O)O)N=O)[C@H]1CCC2C3C(O)C[C@@H]4C[C@H](O)CC[C@]4(C)C3C[C@H](O)[C@@]21C. The molecule has 4 aliphatic rings. The van der Waals surface area contributed by atoms with E-state index in [0.29, 0.717) is 24.3 Å². The van der Waals surface area contributed by atoms with Gasteiger partial charge in [-0.05, 0) is 97.7 Å². The predicted molar refractivity (Wildman–Crippen MR) is 136 cm³/mol. The van der Waals surface area contributed by atoms with Crippen LogP contribution in [0.5, 0.6) is 0 Å². The largest absolute Gasteiger partial charge is 0.393 e. The molecule has 1 amide bonds. The summed E-state index contributed by atoms with van der Waals surface area (Å²) in [5.74, 6) is -0.370. The second-order valence-corrected chi connectivity index (χ2v) is 14.5. The summed E-state index contributed by atoms with van der Waals surface area (Å²) < 4.78 is 30.8. The Balaban J connectivity index is 1.45. The highest BCUT2D eigenvalue weighted by Gasteiger charge is 2.65. The number of fused-ring (bicyclic) bond motifs is 5. The molecule has 212 valence electrons. The zero-order chi connectivity index (χ0) is 27.3. The maximum atomic E-state index is 12.5. The van der Waals surface area contributed by atoms with Crippen molar-refractivity contribution in [3.63, 3.8) is 0 Å². The van der Waals surface area contributed by atoms with Gasteiger partial charge in [-0.2, -0.15) is 13.4 Å². The molecule has 10 nitrogen and oxygen atoms in total. The number of carbonyl (C=O) groups is 1. The monoisotopic (exact) mass is 544 g/mol. The molecule has 11 atom stereocenters. The van der Waals surface area contributed by atoms with E-state index in [1.807, 2.05) is 0 Å². The van der Waals surface area contributed by atoms with Crippen molar-refractivity contribution < 1.29 is 33.1 Å². The number of nitroso groups, excluding NO2 is 1. The van der Waals surface area contributed by atoms with E-state index in [9.17, 15) is 33.4 Å². The molecule has 4 saturated carbocycles. The lowest BCUT2D eigenvalue weighted by molar-refractivity contribution is -0.207. The molecule has 4 aliphatic carbocycles. The van der Waals surface area contributed by atoms with Gasteiger partial charge in [-0.15, -0.1) is 4.91 Å². The van der Waals surface area contributed by atoms with E-state index in [1.54, 1.807) is 0 Å². The summed E-state index contributed by atoms with van der Waals surface area (Å²) in [5, 5.41) is 36.5. The molecule has 0 spiro atoms. The molecule has 0 saturated heterocycles. The van der Waals surface area contributed by atoms with Crippen LogP contribution in [-0.4, -0.2) is 69.8 Å². The predicted octanol–water partition coefficient (Wildman–Crippen LogP) is 2.76. The van der Waals surface area contributed by atoms with Gasteiger partial charge in [-0.25, -0.2) is 0 Å². The van der Waals surface area contributed by atoms with Crippen molar-refractivity contribution in [2.45, 2.75) is 96.9 Å². The number of nitrogens with zero attached hydrogens (tertiary/aromatic N) is 2. The fourth-order valence-electron chi connectivity index (χ4n) is 9.23. The van der Waals surface area contributed by atoms with Crippen LogP contribution in [0.3, 0.4) is 0 Å². The highest BCUT2D eigenvalue weighted by atomic mass is 32.2. The molecule has 4 N–H and O–H groups in total. The minimum Gasteiger partial charge on any atom is -0.393 e. The second kappa shape index (κ2) is 10.4. The lowest BCUT2D eigenvalue weighted by atomic mass is 9.43. The van der Waals surface area contributed by atoms with Crippen LogP contribution in [0.1, 0.15) is 78.6 Å². The first kappa shape index (κ1) is 28.9. The molecule has 0 heterocycles. The van der Waals surface area contributed by atoms with Gasteiger partial charge >= 0.3 is 0 Å². The van der Waals surface area contributed by atoms with Crippen LogP contribution in [0.15, 0.2) is 5.29 Å². The third-order valence-electron chi connectivity index (χ3n) is 11.3. The Morgan fingerprint density at radius 1 is 1.08 bits per heavy atom. The van der Waals surface area contributed by atoms with Crippen molar-refractivity contribution in [3.05, 3.63) is 4.91 Å². The van der Waals surface area contributed by atoms with Gasteiger partial charge in [0.2, 0.25) is 5.91 Å². The first-order valence-electron chi connectivity index (χ1n) is 13.8. The van der Waals surface area contributed by atoms with E-state index in [0.717, 1.165) is 32.1 Å². The first-order chi connectivity index (χ1) is 17.2. The Bertz CT molecular complexity index is 978. The van der Waals surface area contributed by atoms with Crippen molar-refractivity contribution in [1.82, 2.24) is 5.01 Å². The quantitative estimate of drug-likeness (QED) is 0.206. The maximum absolute atomic E-state index is 12.5. The lowest BCUT2D eigenvalue weighted by Gasteiger charge is -2.63. The van der Waals surface area contributed by atoms with Gasteiger partial charge in [0.1, 0.15) is 0 Å². The Labute approximate surface area is 219 Å². The van der Waals surface area contributed by atoms with Gasteiger partial charge in [0, 0.05) is 6.42 Å². The third-order valence-corrected chi connectivity index (χ3v) is 12.0. The number of aliphatic hydroxyl groups is 3. The minimum absolute atomic E-state index is 0.00883. The number of amides is 1. The van der Waals surface area contributed by atoms with Gasteiger partial charge in [-0.3, -0.25) is 9.35 Å². The summed E-state index contributed by atoms with van der Waals surface area (Å²) in [7, 11) is -4.32. The fourth-order valence-corrected chi connectivity index (χ4v) is 9.63. The summed E-state index contributed by atoms with van der Waals surface area (Å²) in [5.41, 5.74) is -0.384. The van der Waals surface area contributed by atoms with Crippen molar-refractivity contribution in [3.8, 4) is 0 Å². The van der Waals surface area contributed by atoms with Gasteiger partial charge in [0.05, 0.1) is 35.9 Å². The topological polar surface area (TPSA) is 165 Å². The van der Waals surface area contributed by atoms with Crippen LogP contribution in [-0.2, 0) is 14.9 Å². The molecule has 0 radical (unpaired) electrons. The Morgan fingerprint density at radius 3 is 2.43 bits per heavy atom.